The van der Waals surface area contributed by atoms with Crippen molar-refractivity contribution in [3.8, 4) is 5.88 Å². The molecule has 0 saturated heterocycles. The number of nitrogens with zero attached hydrogens (tertiary/aromatic N) is 3. The molecule has 0 fully saturated rings. The highest BCUT2D eigenvalue weighted by Gasteiger charge is 2.22. The van der Waals surface area contributed by atoms with Gasteiger partial charge >= 0.3 is 0 Å². The maximum absolute atomic E-state index is 5.82. The van der Waals surface area contributed by atoms with Gasteiger partial charge in [0.15, 0.2) is 5.82 Å². The lowest BCUT2D eigenvalue weighted by molar-refractivity contribution is 0.394. The van der Waals surface area contributed by atoms with Gasteiger partial charge in [0.2, 0.25) is 11.8 Å². The molecular formula is C10H10N6OS. The monoisotopic (exact) mass is 262 g/mol. The van der Waals surface area contributed by atoms with Gasteiger partial charge in [-0.05, 0) is 6.07 Å². The topological polar surface area (TPSA) is 112 Å². The lowest BCUT2D eigenvalue weighted by atomic mass is 10.4. The maximum Gasteiger partial charge on any atom is 0.224 e. The Morgan fingerprint density at radius 2 is 2.06 bits per heavy atom. The van der Waals surface area contributed by atoms with Gasteiger partial charge < -0.3 is 21.5 Å². The van der Waals surface area contributed by atoms with E-state index in [1.165, 1.54) is 11.8 Å². The first-order chi connectivity index (χ1) is 8.67. The maximum atomic E-state index is 5.82. The molecule has 0 aromatic carbocycles. The number of hydrogen-bond donors (Lipinski definition) is 3. The van der Waals surface area contributed by atoms with Gasteiger partial charge in [-0.2, -0.15) is 9.97 Å². The van der Waals surface area contributed by atoms with Gasteiger partial charge in [0.1, 0.15) is 10.8 Å². The van der Waals surface area contributed by atoms with Crippen molar-refractivity contribution in [2.75, 3.05) is 23.9 Å². The summed E-state index contributed by atoms with van der Waals surface area (Å²) in [6.07, 6.45) is 0. The van der Waals surface area contributed by atoms with Crippen molar-refractivity contribution in [1.82, 2.24) is 15.0 Å². The van der Waals surface area contributed by atoms with Crippen molar-refractivity contribution in [1.29, 1.82) is 0 Å². The normalized spacial score (nSPS) is 12.3. The fourth-order valence-electron chi connectivity index (χ4n) is 1.61. The van der Waals surface area contributed by atoms with Gasteiger partial charge in [-0.15, -0.1) is 0 Å². The molecule has 0 atom stereocenters. The van der Waals surface area contributed by atoms with E-state index in [2.05, 4.69) is 20.3 Å². The van der Waals surface area contributed by atoms with Crippen LogP contribution in [0.4, 0.5) is 23.3 Å². The van der Waals surface area contributed by atoms with E-state index < -0.39 is 0 Å². The molecule has 5 N–H and O–H groups in total. The van der Waals surface area contributed by atoms with Crippen LogP contribution in [0.1, 0.15) is 0 Å². The molecule has 0 saturated carbocycles. The zero-order valence-corrected chi connectivity index (χ0v) is 10.3. The SMILES string of the molecule is COc1ccc2c(n1)Sc1c(N)nc(N)nc1N2. The van der Waals surface area contributed by atoms with E-state index in [-0.39, 0.29) is 5.95 Å². The number of aromatic nitrogens is 3. The predicted octanol–water partition coefficient (Wildman–Crippen LogP) is 1.25. The molecule has 7 nitrogen and oxygen atoms in total. The second-order valence-corrected chi connectivity index (χ2v) is 4.58. The summed E-state index contributed by atoms with van der Waals surface area (Å²) in [5.74, 6) is 1.63. The van der Waals surface area contributed by atoms with Crippen molar-refractivity contribution in [2.45, 2.75) is 9.92 Å². The smallest absolute Gasteiger partial charge is 0.224 e. The molecule has 0 aliphatic carbocycles. The van der Waals surface area contributed by atoms with E-state index in [0.717, 1.165) is 15.6 Å². The molecule has 8 heteroatoms. The molecule has 1 aliphatic rings. The van der Waals surface area contributed by atoms with Crippen LogP contribution in [0.3, 0.4) is 0 Å². The molecule has 0 spiro atoms. The summed E-state index contributed by atoms with van der Waals surface area (Å²) < 4.78 is 5.08. The third-order valence-corrected chi connectivity index (χ3v) is 3.52. The van der Waals surface area contributed by atoms with Crippen LogP contribution in [0.25, 0.3) is 0 Å². The third-order valence-electron chi connectivity index (χ3n) is 2.40. The van der Waals surface area contributed by atoms with Gasteiger partial charge in [-0.1, -0.05) is 11.8 Å². The highest BCUT2D eigenvalue weighted by atomic mass is 32.2. The van der Waals surface area contributed by atoms with E-state index in [1.54, 1.807) is 13.2 Å². The van der Waals surface area contributed by atoms with Gasteiger partial charge in [-0.3, -0.25) is 0 Å². The zero-order valence-electron chi connectivity index (χ0n) is 9.47. The Kier molecular flexibility index (Phi) is 2.37. The van der Waals surface area contributed by atoms with Crippen molar-refractivity contribution >= 4 is 35.0 Å². The number of rotatable bonds is 1. The second-order valence-electron chi connectivity index (χ2n) is 3.58. The van der Waals surface area contributed by atoms with E-state index >= 15 is 0 Å². The number of methoxy groups -OCH3 is 1. The van der Waals surface area contributed by atoms with Crippen molar-refractivity contribution in [3.63, 3.8) is 0 Å². The van der Waals surface area contributed by atoms with Crippen molar-refractivity contribution in [2.24, 2.45) is 0 Å². The van der Waals surface area contributed by atoms with Crippen LogP contribution < -0.4 is 21.5 Å². The summed E-state index contributed by atoms with van der Waals surface area (Å²) in [7, 11) is 1.57. The van der Waals surface area contributed by atoms with E-state index in [0.29, 0.717) is 17.5 Å². The molecule has 0 radical (unpaired) electrons. The zero-order chi connectivity index (χ0) is 12.7. The molecule has 3 heterocycles. The number of nitrogens with two attached hydrogens (primary N) is 2. The van der Waals surface area contributed by atoms with Crippen LogP contribution >= 0.6 is 11.8 Å². The van der Waals surface area contributed by atoms with E-state index in [9.17, 15) is 0 Å². The Morgan fingerprint density at radius 3 is 2.83 bits per heavy atom. The summed E-state index contributed by atoms with van der Waals surface area (Å²) in [5.41, 5.74) is 12.2. The van der Waals surface area contributed by atoms with Crippen LogP contribution in [0, 0.1) is 0 Å². The van der Waals surface area contributed by atoms with E-state index in [4.69, 9.17) is 16.2 Å². The first kappa shape index (κ1) is 10.9. The standard InChI is InChI=1S/C10H10N6OS/c1-17-5-3-2-4-9(14-5)18-6-7(11)15-10(12)16-8(6)13-4/h2-3H,1H3,(H5,11,12,13,15,16). The Hall–Kier alpha value is -2.22. The lowest BCUT2D eigenvalue weighted by Crippen LogP contribution is -2.10. The first-order valence-corrected chi connectivity index (χ1v) is 5.92. The van der Waals surface area contributed by atoms with Crippen LogP contribution in [0.2, 0.25) is 0 Å². The highest BCUT2D eigenvalue weighted by molar-refractivity contribution is 7.99. The molecule has 18 heavy (non-hydrogen) atoms. The fraction of sp³-hybridized carbons (Fsp3) is 0.100. The predicted molar refractivity (Wildman–Crippen MR) is 69.1 cm³/mol. The quantitative estimate of drug-likeness (QED) is 0.600. The number of fused-ring (bicyclic) bond motifs is 2. The minimum atomic E-state index is 0.143. The molecule has 0 bridgehead atoms. The summed E-state index contributed by atoms with van der Waals surface area (Å²) in [4.78, 5) is 13.1. The molecule has 2 aromatic rings. The number of pyridine rings is 1. The third kappa shape index (κ3) is 1.66. The molecular weight excluding hydrogens is 252 g/mol. The number of hydrogen-bond acceptors (Lipinski definition) is 8. The number of anilines is 4. The molecule has 0 amide bonds. The number of ether oxygens (including phenoxy) is 1. The number of nitrogen functional groups attached to an aromatic ring is 2. The lowest BCUT2D eigenvalue weighted by Gasteiger charge is -2.20. The number of nitrogens with one attached hydrogen (secondary N) is 1. The van der Waals surface area contributed by atoms with Crippen molar-refractivity contribution in [3.05, 3.63) is 12.1 Å². The summed E-state index contributed by atoms with van der Waals surface area (Å²) in [6.45, 7) is 0. The Morgan fingerprint density at radius 1 is 1.22 bits per heavy atom. The van der Waals surface area contributed by atoms with Crippen LogP contribution in [0.5, 0.6) is 5.88 Å². The van der Waals surface area contributed by atoms with Gasteiger partial charge in [0, 0.05) is 6.07 Å². The Labute approximate surface area is 107 Å². The van der Waals surface area contributed by atoms with Crippen molar-refractivity contribution < 1.29 is 4.74 Å². The summed E-state index contributed by atoms with van der Waals surface area (Å²) in [5, 5.41) is 3.89. The first-order valence-electron chi connectivity index (χ1n) is 5.10. The molecule has 2 aromatic heterocycles. The summed E-state index contributed by atoms with van der Waals surface area (Å²) in [6, 6.07) is 3.64. The molecule has 3 rings (SSSR count). The summed E-state index contributed by atoms with van der Waals surface area (Å²) >= 11 is 1.39. The largest absolute Gasteiger partial charge is 0.481 e. The second kappa shape index (κ2) is 3.91. The van der Waals surface area contributed by atoms with Crippen LogP contribution in [-0.2, 0) is 0 Å². The van der Waals surface area contributed by atoms with Gasteiger partial charge in [-0.25, -0.2) is 4.98 Å². The minimum Gasteiger partial charge on any atom is -0.481 e. The fourth-order valence-corrected chi connectivity index (χ4v) is 2.51. The molecule has 1 aliphatic heterocycles. The van der Waals surface area contributed by atoms with E-state index in [1.807, 2.05) is 6.07 Å². The van der Waals surface area contributed by atoms with Gasteiger partial charge in [0.05, 0.1) is 17.7 Å². The average molecular weight is 262 g/mol. The highest BCUT2D eigenvalue weighted by Crippen LogP contribution is 2.45. The molecule has 92 valence electrons. The minimum absolute atomic E-state index is 0.143. The van der Waals surface area contributed by atoms with Crippen LogP contribution in [0.15, 0.2) is 22.1 Å². The Bertz CT molecular complexity index is 632. The van der Waals surface area contributed by atoms with Crippen LogP contribution in [-0.4, -0.2) is 22.1 Å². The average Bonchev–Trinajstić information content (AvgIpc) is 2.36. The Balaban J connectivity index is 2.09. The molecule has 0 unspecified atom stereocenters. The van der Waals surface area contributed by atoms with Gasteiger partial charge in [0.25, 0.3) is 0 Å².